The van der Waals surface area contributed by atoms with Crippen molar-refractivity contribution in [2.45, 2.75) is 226 Å². The molecule has 0 spiro atoms. The number of esters is 3. The van der Waals surface area contributed by atoms with Gasteiger partial charge in [-0.25, -0.2) is 4.79 Å². The van der Waals surface area contributed by atoms with Crippen LogP contribution in [0.25, 0.3) is 0 Å². The van der Waals surface area contributed by atoms with Gasteiger partial charge in [0, 0.05) is 31.4 Å². The number of nitrogens with zero attached hydrogens (tertiary/aromatic N) is 1. The summed E-state index contributed by atoms with van der Waals surface area (Å²) in [5.41, 5.74) is -0.145. The van der Waals surface area contributed by atoms with E-state index in [1.54, 1.807) is 0 Å². The summed E-state index contributed by atoms with van der Waals surface area (Å²) in [6, 6.07) is 5.04. The Labute approximate surface area is 403 Å². The molecular formula is C55H87NO11. The van der Waals surface area contributed by atoms with Gasteiger partial charge in [-0.15, -0.1) is 0 Å². The van der Waals surface area contributed by atoms with Crippen LogP contribution in [-0.4, -0.2) is 54.4 Å². The monoisotopic (exact) mass is 938 g/mol. The summed E-state index contributed by atoms with van der Waals surface area (Å²) >= 11 is 0. The maximum atomic E-state index is 13.2. The topological polar surface area (TPSA) is 158 Å². The summed E-state index contributed by atoms with van der Waals surface area (Å²) in [6.07, 6.45) is 42.5. The van der Waals surface area contributed by atoms with E-state index in [2.05, 4.69) is 62.5 Å². The van der Waals surface area contributed by atoms with Gasteiger partial charge in [-0.1, -0.05) is 146 Å². The van der Waals surface area contributed by atoms with Crippen LogP contribution in [0.3, 0.4) is 0 Å². The van der Waals surface area contributed by atoms with Crippen molar-refractivity contribution in [1.82, 2.24) is 0 Å². The molecule has 378 valence electrons. The number of carbonyl (C=O) groups excluding carboxylic acids is 4. The molecule has 0 aliphatic rings. The molecule has 0 aliphatic heterocycles. The maximum absolute atomic E-state index is 13.2. The number of non-ortho nitro benzene ring substituents is 1. The summed E-state index contributed by atoms with van der Waals surface area (Å²) in [7, 11) is 0. The third kappa shape index (κ3) is 38.0. The molecule has 0 radical (unpaired) electrons. The minimum absolute atomic E-state index is 0.0835. The molecule has 1 atom stereocenters. The highest BCUT2D eigenvalue weighted by atomic mass is 16.7. The molecule has 12 nitrogen and oxygen atoms in total. The lowest BCUT2D eigenvalue weighted by molar-refractivity contribution is -0.384. The standard InChI is InChI=1S/C55H87NO11/c1-4-7-10-12-14-16-18-20-22-24-26-28-30-32-35-38-52(57)63-46-51(47-64-53(58)39-36-33-31-29-27-25-23-21-19-17-15-13-11-8-5-2)65-54(59)45-44-49(37-34-9-6-3)66-55(60)67-50-42-40-48(41-43-50)56(61)62/h14-17,20-23,40-43,49,51H,4-13,18-19,24-39,44-47H2,1-3H3/b16-14-,17-15-,22-20-,23-21-. The third-order valence-corrected chi connectivity index (χ3v) is 11.1. The molecule has 0 N–H and O–H groups in total. The summed E-state index contributed by atoms with van der Waals surface area (Å²) in [6.45, 7) is 5.98. The van der Waals surface area contributed by atoms with Crippen molar-refractivity contribution in [3.8, 4) is 5.75 Å². The Bertz CT molecular complexity index is 1490. The van der Waals surface area contributed by atoms with E-state index in [0.717, 1.165) is 109 Å². The zero-order chi connectivity index (χ0) is 48.8. The van der Waals surface area contributed by atoms with E-state index >= 15 is 0 Å². The van der Waals surface area contributed by atoms with Crippen molar-refractivity contribution >= 4 is 29.8 Å². The van der Waals surface area contributed by atoms with Crippen LogP contribution in [0.4, 0.5) is 10.5 Å². The molecule has 0 fully saturated rings. The highest BCUT2D eigenvalue weighted by Crippen LogP contribution is 2.20. The van der Waals surface area contributed by atoms with E-state index in [4.69, 9.17) is 23.7 Å². The number of hydrogen-bond donors (Lipinski definition) is 0. The van der Waals surface area contributed by atoms with Gasteiger partial charge in [0.15, 0.2) is 6.10 Å². The molecule has 0 aromatic heterocycles. The molecule has 1 aromatic rings. The SMILES string of the molecule is CCCCC/C=C\C/C=C\CCCCCCCC(=O)OCC(COC(=O)CCCCCCC/C=C\C/C=C\CCCCC)OC(=O)CCC(CCCCC)OC(=O)Oc1ccc([N+](=O)[O-])cc1. The molecule has 0 bridgehead atoms. The van der Waals surface area contributed by atoms with Crippen LogP contribution in [0.2, 0.25) is 0 Å². The Morgan fingerprint density at radius 3 is 1.39 bits per heavy atom. The Kier molecular flexibility index (Phi) is 39.4. The average molecular weight is 938 g/mol. The second-order valence-corrected chi connectivity index (χ2v) is 17.3. The predicted molar refractivity (Wildman–Crippen MR) is 268 cm³/mol. The number of nitro groups is 1. The smallest absolute Gasteiger partial charge is 0.462 e. The fourth-order valence-electron chi connectivity index (χ4n) is 7.09. The van der Waals surface area contributed by atoms with Gasteiger partial charge >= 0.3 is 24.1 Å². The van der Waals surface area contributed by atoms with Gasteiger partial charge in [0.1, 0.15) is 25.1 Å². The molecule has 1 aromatic carbocycles. The van der Waals surface area contributed by atoms with Crippen LogP contribution in [0.1, 0.15) is 213 Å². The minimum atomic E-state index is -0.999. The van der Waals surface area contributed by atoms with Gasteiger partial charge < -0.3 is 23.7 Å². The maximum Gasteiger partial charge on any atom is 0.514 e. The molecule has 1 unspecified atom stereocenters. The molecule has 0 saturated heterocycles. The molecule has 12 heteroatoms. The lowest BCUT2D eigenvalue weighted by Crippen LogP contribution is -2.31. The van der Waals surface area contributed by atoms with E-state index in [-0.39, 0.29) is 50.3 Å². The van der Waals surface area contributed by atoms with Crippen LogP contribution < -0.4 is 4.74 Å². The van der Waals surface area contributed by atoms with E-state index in [1.165, 1.54) is 62.8 Å². The zero-order valence-electron chi connectivity index (χ0n) is 41.6. The highest BCUT2D eigenvalue weighted by molar-refractivity contribution is 5.71. The van der Waals surface area contributed by atoms with Crippen LogP contribution in [0, 0.1) is 10.1 Å². The average Bonchev–Trinajstić information content (AvgIpc) is 3.31. The number of ether oxygens (including phenoxy) is 5. The number of benzene rings is 1. The van der Waals surface area contributed by atoms with E-state index in [9.17, 15) is 29.3 Å². The zero-order valence-corrected chi connectivity index (χ0v) is 41.6. The van der Waals surface area contributed by atoms with E-state index in [1.807, 2.05) is 6.92 Å². The second-order valence-electron chi connectivity index (χ2n) is 17.3. The Morgan fingerprint density at radius 2 is 0.925 bits per heavy atom. The number of rotatable bonds is 43. The van der Waals surface area contributed by atoms with Crippen molar-refractivity contribution in [3.05, 3.63) is 83.0 Å². The number of nitro benzene ring substituents is 1. The fraction of sp³-hybridized carbons (Fsp3) is 0.673. The largest absolute Gasteiger partial charge is 0.514 e. The normalized spacial score (nSPS) is 12.1. The third-order valence-electron chi connectivity index (χ3n) is 11.1. The minimum Gasteiger partial charge on any atom is -0.462 e. The van der Waals surface area contributed by atoms with Crippen LogP contribution >= 0.6 is 0 Å². The van der Waals surface area contributed by atoms with E-state index < -0.39 is 41.2 Å². The predicted octanol–water partition coefficient (Wildman–Crippen LogP) is 15.5. The Hall–Kier alpha value is -4.74. The first kappa shape index (κ1) is 60.3. The fourth-order valence-corrected chi connectivity index (χ4v) is 7.09. The molecular weight excluding hydrogens is 851 g/mol. The van der Waals surface area contributed by atoms with Crippen molar-refractivity contribution < 1.29 is 47.8 Å². The molecule has 0 amide bonds. The van der Waals surface area contributed by atoms with Crippen molar-refractivity contribution in [3.63, 3.8) is 0 Å². The summed E-state index contributed by atoms with van der Waals surface area (Å²) in [5, 5.41) is 11.0. The van der Waals surface area contributed by atoms with Crippen LogP contribution in [0.15, 0.2) is 72.9 Å². The molecule has 0 heterocycles. The molecule has 0 aliphatic carbocycles. The van der Waals surface area contributed by atoms with Gasteiger partial charge in [-0.05, 0) is 108 Å². The number of unbranched alkanes of at least 4 members (excludes halogenated alkanes) is 18. The van der Waals surface area contributed by atoms with Crippen molar-refractivity contribution in [1.29, 1.82) is 0 Å². The van der Waals surface area contributed by atoms with Gasteiger partial charge in [-0.2, -0.15) is 0 Å². The summed E-state index contributed by atoms with van der Waals surface area (Å²) < 4.78 is 27.5. The first-order valence-electron chi connectivity index (χ1n) is 25.9. The molecule has 0 saturated carbocycles. The van der Waals surface area contributed by atoms with Crippen LogP contribution in [0.5, 0.6) is 5.75 Å². The molecule has 1 rings (SSSR count). The Morgan fingerprint density at radius 1 is 0.493 bits per heavy atom. The Balaban J connectivity index is 2.60. The van der Waals surface area contributed by atoms with Gasteiger partial charge in [0.05, 0.1) is 4.92 Å². The van der Waals surface area contributed by atoms with Gasteiger partial charge in [0.25, 0.3) is 5.69 Å². The first-order valence-corrected chi connectivity index (χ1v) is 25.9. The summed E-state index contributed by atoms with van der Waals surface area (Å²) in [5.74, 6) is -1.34. The molecule has 67 heavy (non-hydrogen) atoms. The lowest BCUT2D eigenvalue weighted by Gasteiger charge is -2.20. The van der Waals surface area contributed by atoms with Crippen molar-refractivity contribution in [2.24, 2.45) is 0 Å². The quantitative estimate of drug-likeness (QED) is 0.0117. The lowest BCUT2D eigenvalue weighted by atomic mass is 10.1. The summed E-state index contributed by atoms with van der Waals surface area (Å²) in [4.78, 5) is 61.6. The highest BCUT2D eigenvalue weighted by Gasteiger charge is 2.23. The van der Waals surface area contributed by atoms with Gasteiger partial charge in [0.2, 0.25) is 0 Å². The van der Waals surface area contributed by atoms with Crippen molar-refractivity contribution in [2.75, 3.05) is 13.2 Å². The first-order chi connectivity index (χ1) is 32.7. The van der Waals surface area contributed by atoms with E-state index in [0.29, 0.717) is 19.3 Å². The second kappa shape index (κ2) is 43.8. The number of carbonyl (C=O) groups is 4. The van der Waals surface area contributed by atoms with Gasteiger partial charge in [-0.3, -0.25) is 24.5 Å². The number of allylic oxidation sites excluding steroid dienone is 8. The number of hydrogen-bond acceptors (Lipinski definition) is 11. The van der Waals surface area contributed by atoms with Crippen LogP contribution in [-0.2, 0) is 33.3 Å².